The summed E-state index contributed by atoms with van der Waals surface area (Å²) in [6.07, 6.45) is 2.66. The van der Waals surface area contributed by atoms with Crippen LogP contribution < -0.4 is 4.90 Å². The summed E-state index contributed by atoms with van der Waals surface area (Å²) in [6, 6.07) is 8.35. The van der Waals surface area contributed by atoms with E-state index in [4.69, 9.17) is 23.2 Å². The quantitative estimate of drug-likeness (QED) is 0.299. The van der Waals surface area contributed by atoms with Crippen molar-refractivity contribution in [3.63, 3.8) is 0 Å². The molecule has 2 aliphatic carbocycles. The zero-order valence-corrected chi connectivity index (χ0v) is 24.3. The number of nitrogens with zero attached hydrogens (tertiary/aromatic N) is 2. The van der Waals surface area contributed by atoms with Crippen LogP contribution >= 0.6 is 23.2 Å². The number of hydrogen-bond acceptors (Lipinski definition) is 5. The van der Waals surface area contributed by atoms with E-state index < -0.39 is 51.1 Å². The molecule has 214 valence electrons. The van der Waals surface area contributed by atoms with Crippen molar-refractivity contribution >= 4 is 52.5 Å². The lowest BCUT2D eigenvalue weighted by Crippen LogP contribution is -2.60. The summed E-state index contributed by atoms with van der Waals surface area (Å²) in [5, 5.41) is 10.5. The molecule has 0 aromatic heterocycles. The molecule has 0 bridgehead atoms. The van der Waals surface area contributed by atoms with Gasteiger partial charge in [-0.15, -0.1) is 23.2 Å². The van der Waals surface area contributed by atoms with Gasteiger partial charge < -0.3 is 5.11 Å². The third-order valence-corrected chi connectivity index (χ3v) is 10.7. The van der Waals surface area contributed by atoms with Crippen LogP contribution in [0, 0.1) is 37.4 Å². The highest BCUT2D eigenvalue weighted by atomic mass is 35.5. The third kappa shape index (κ3) is 3.62. The topological polar surface area (TPSA) is 95.0 Å². The fraction of sp³-hybridized carbons (Fsp3) is 0.419. The summed E-state index contributed by atoms with van der Waals surface area (Å²) in [7, 11) is 0. The average molecular weight is 599 g/mol. The molecule has 2 saturated heterocycles. The fourth-order valence-corrected chi connectivity index (χ4v) is 8.37. The number of benzene rings is 2. The number of aromatic hydroxyl groups is 1. The Morgan fingerprint density at radius 3 is 2.22 bits per heavy atom. The van der Waals surface area contributed by atoms with E-state index in [0.717, 1.165) is 17.0 Å². The predicted molar refractivity (Wildman–Crippen MR) is 151 cm³/mol. The van der Waals surface area contributed by atoms with Gasteiger partial charge in [0.2, 0.25) is 11.8 Å². The minimum Gasteiger partial charge on any atom is -0.507 e. The highest BCUT2D eigenvalue weighted by Gasteiger charge is 2.76. The Morgan fingerprint density at radius 2 is 1.61 bits per heavy atom. The second-order valence-electron chi connectivity index (χ2n) is 11.6. The molecule has 4 amide bonds. The van der Waals surface area contributed by atoms with Crippen LogP contribution in [0.15, 0.2) is 48.0 Å². The molecule has 2 aromatic carbocycles. The van der Waals surface area contributed by atoms with E-state index in [9.17, 15) is 28.7 Å². The summed E-state index contributed by atoms with van der Waals surface area (Å²) in [6.45, 7) is 5.63. The number of phenolic OH excluding ortho intramolecular Hbond substituents is 1. The summed E-state index contributed by atoms with van der Waals surface area (Å²) in [5.74, 6) is -5.39. The van der Waals surface area contributed by atoms with Crippen molar-refractivity contribution in [2.24, 2.45) is 17.8 Å². The number of halogens is 3. The zero-order valence-electron chi connectivity index (χ0n) is 22.8. The van der Waals surface area contributed by atoms with Gasteiger partial charge in [0, 0.05) is 12.5 Å². The van der Waals surface area contributed by atoms with E-state index in [2.05, 4.69) is 0 Å². The molecule has 1 N–H and O–H groups in total. The number of hydrogen-bond donors (Lipinski definition) is 1. The number of phenols is 1. The lowest BCUT2D eigenvalue weighted by molar-refractivity contribution is -0.140. The van der Waals surface area contributed by atoms with Crippen molar-refractivity contribution in [2.75, 3.05) is 11.4 Å². The van der Waals surface area contributed by atoms with Crippen LogP contribution in [0.2, 0.25) is 0 Å². The SMILES string of the molecule is CCCN1C(=O)[C@H]2[C@H](CC=C3[C@H]2C[C@@]2(Cl)C(=O)N(c4ccc(F)cc4)C(=O)[C@@]2(Cl)[C@H]3c2cc(C)c(O)c(C)c2)C1=O. The van der Waals surface area contributed by atoms with Crippen LogP contribution in [0.5, 0.6) is 5.75 Å². The van der Waals surface area contributed by atoms with Crippen molar-refractivity contribution in [2.45, 2.75) is 55.7 Å². The standard InChI is InChI=1S/C31H29Cl2FN2O5/c1-4-11-35-26(38)21-10-9-20-22(23(21)27(35)39)14-30(32)28(40)36(19-7-5-18(34)6-8-19)29(41)31(30,33)24(20)17-12-15(2)25(37)16(3)13-17/h5-9,12-13,21-24,37H,4,10-11,14H2,1-3H3/t21-,22+,23-,24-,30+,31-/m0/s1. The monoisotopic (exact) mass is 598 g/mol. The van der Waals surface area contributed by atoms with E-state index in [-0.39, 0.29) is 29.7 Å². The number of aryl methyl sites for hydroxylation is 2. The summed E-state index contributed by atoms with van der Waals surface area (Å²) >= 11 is 14.7. The molecule has 10 heteroatoms. The summed E-state index contributed by atoms with van der Waals surface area (Å²) in [5.41, 5.74) is 2.47. The maximum atomic E-state index is 14.3. The van der Waals surface area contributed by atoms with Crippen LogP contribution in [0.3, 0.4) is 0 Å². The number of allylic oxidation sites excluding steroid dienone is 2. The molecule has 6 atom stereocenters. The second kappa shape index (κ2) is 9.39. The van der Waals surface area contributed by atoms with Crippen molar-refractivity contribution < 1.29 is 28.7 Å². The first-order valence-electron chi connectivity index (χ1n) is 13.7. The maximum absolute atomic E-state index is 14.3. The molecule has 0 radical (unpaired) electrons. The first-order valence-corrected chi connectivity index (χ1v) is 14.5. The highest BCUT2D eigenvalue weighted by molar-refractivity contribution is 6.58. The van der Waals surface area contributed by atoms with Gasteiger partial charge >= 0.3 is 0 Å². The van der Waals surface area contributed by atoms with Gasteiger partial charge in [0.15, 0.2) is 9.75 Å². The number of carbonyl (C=O) groups is 4. The van der Waals surface area contributed by atoms with Gasteiger partial charge in [0.05, 0.1) is 17.5 Å². The minimum atomic E-state index is -2.00. The molecule has 6 rings (SSSR count). The maximum Gasteiger partial charge on any atom is 0.258 e. The molecule has 1 saturated carbocycles. The van der Waals surface area contributed by atoms with Crippen LogP contribution in [0.4, 0.5) is 10.1 Å². The first kappa shape index (κ1) is 27.9. The van der Waals surface area contributed by atoms with E-state index >= 15 is 0 Å². The van der Waals surface area contributed by atoms with Crippen molar-refractivity contribution in [1.82, 2.24) is 4.90 Å². The molecule has 0 spiro atoms. The van der Waals surface area contributed by atoms with Crippen LogP contribution in [0.1, 0.15) is 48.8 Å². The normalized spacial score (nSPS) is 32.7. The summed E-state index contributed by atoms with van der Waals surface area (Å²) in [4.78, 5) is 53.7. The van der Waals surface area contributed by atoms with Crippen LogP contribution in [-0.2, 0) is 19.2 Å². The smallest absolute Gasteiger partial charge is 0.258 e. The number of carbonyl (C=O) groups excluding carboxylic acids is 4. The zero-order chi connectivity index (χ0) is 29.6. The summed E-state index contributed by atoms with van der Waals surface area (Å²) < 4.78 is 13.8. The second-order valence-corrected chi connectivity index (χ2v) is 12.8. The van der Waals surface area contributed by atoms with Gasteiger partial charge in [-0.2, -0.15) is 0 Å². The molecule has 41 heavy (non-hydrogen) atoms. The highest BCUT2D eigenvalue weighted by Crippen LogP contribution is 2.66. The van der Waals surface area contributed by atoms with E-state index in [1.165, 1.54) is 17.0 Å². The number of alkyl halides is 2. The predicted octanol–water partition coefficient (Wildman–Crippen LogP) is 5.12. The van der Waals surface area contributed by atoms with Gasteiger partial charge in [0.1, 0.15) is 11.6 Å². The Labute approximate surface area is 246 Å². The number of rotatable bonds is 4. The largest absolute Gasteiger partial charge is 0.507 e. The molecule has 4 aliphatic rings. The van der Waals surface area contributed by atoms with Gasteiger partial charge in [0.25, 0.3) is 11.8 Å². The van der Waals surface area contributed by atoms with Crippen LogP contribution in [-0.4, -0.2) is 49.9 Å². The van der Waals surface area contributed by atoms with Gasteiger partial charge in [-0.05, 0) is 80.0 Å². The van der Waals surface area contributed by atoms with E-state index in [1.54, 1.807) is 26.0 Å². The van der Waals surface area contributed by atoms with E-state index in [0.29, 0.717) is 41.6 Å². The molecule has 0 unspecified atom stereocenters. The lowest BCUT2D eigenvalue weighted by atomic mass is 9.56. The Hall–Kier alpha value is -3.23. The Bertz CT molecular complexity index is 1530. The van der Waals surface area contributed by atoms with Gasteiger partial charge in [-0.1, -0.05) is 30.7 Å². The molecular formula is C31H29Cl2FN2O5. The number of likely N-dealkylation sites (tertiary alicyclic amines) is 1. The Balaban J connectivity index is 1.57. The molecule has 2 aromatic rings. The number of imide groups is 2. The molecule has 3 fully saturated rings. The number of fused-ring (bicyclic) bond motifs is 4. The Morgan fingerprint density at radius 1 is 0.976 bits per heavy atom. The van der Waals surface area contributed by atoms with Crippen molar-refractivity contribution in [3.8, 4) is 5.75 Å². The number of amides is 4. The van der Waals surface area contributed by atoms with Crippen molar-refractivity contribution in [3.05, 3.63) is 70.6 Å². The average Bonchev–Trinajstić information content (AvgIpc) is 3.26. The first-order chi connectivity index (χ1) is 19.4. The van der Waals surface area contributed by atoms with Crippen LogP contribution in [0.25, 0.3) is 0 Å². The molecule has 2 heterocycles. The fourth-order valence-electron chi connectivity index (χ4n) is 7.44. The van der Waals surface area contributed by atoms with Gasteiger partial charge in [-0.25, -0.2) is 9.29 Å². The molecule has 7 nitrogen and oxygen atoms in total. The van der Waals surface area contributed by atoms with Crippen molar-refractivity contribution in [1.29, 1.82) is 0 Å². The molecular weight excluding hydrogens is 570 g/mol. The Kier molecular flexibility index (Phi) is 6.40. The lowest BCUT2D eigenvalue weighted by Gasteiger charge is -2.50. The van der Waals surface area contributed by atoms with E-state index in [1.807, 2.05) is 13.0 Å². The third-order valence-electron chi connectivity index (χ3n) is 9.28. The van der Waals surface area contributed by atoms with Gasteiger partial charge in [-0.3, -0.25) is 24.1 Å². The number of anilines is 1. The minimum absolute atomic E-state index is 0.0908. The molecule has 2 aliphatic heterocycles.